The molecule has 18 heavy (non-hydrogen) atoms. The van der Waals surface area contributed by atoms with Crippen LogP contribution in [-0.4, -0.2) is 23.3 Å². The van der Waals surface area contributed by atoms with E-state index in [1.165, 1.54) is 25.3 Å². The summed E-state index contributed by atoms with van der Waals surface area (Å²) in [7, 11) is 0. The molecule has 0 aliphatic carbocycles. The molecule has 0 saturated carbocycles. The van der Waals surface area contributed by atoms with Gasteiger partial charge >= 0.3 is 0 Å². The van der Waals surface area contributed by atoms with E-state index in [-0.39, 0.29) is 5.82 Å². The van der Waals surface area contributed by atoms with Crippen molar-refractivity contribution in [2.45, 2.75) is 25.8 Å². The van der Waals surface area contributed by atoms with Gasteiger partial charge in [-0.05, 0) is 49.9 Å². The van der Waals surface area contributed by atoms with Crippen molar-refractivity contribution in [3.05, 3.63) is 34.6 Å². The van der Waals surface area contributed by atoms with Crippen LogP contribution in [0, 0.1) is 11.7 Å². The molecule has 1 aromatic carbocycles. The SMILES string of the molecule is Fc1ccc(Cl)cc1CN1CCCC(CCBr)C1. The maximum atomic E-state index is 13.7. The lowest BCUT2D eigenvalue weighted by Crippen LogP contribution is -2.35. The summed E-state index contributed by atoms with van der Waals surface area (Å²) in [5.74, 6) is 0.586. The van der Waals surface area contributed by atoms with Crippen molar-refractivity contribution in [2.75, 3.05) is 18.4 Å². The third-order valence-corrected chi connectivity index (χ3v) is 4.22. The molecule has 1 atom stereocenters. The van der Waals surface area contributed by atoms with Gasteiger partial charge in [-0.15, -0.1) is 0 Å². The third-order valence-electron chi connectivity index (χ3n) is 3.52. The second kappa shape index (κ2) is 6.88. The number of rotatable bonds is 4. The monoisotopic (exact) mass is 333 g/mol. The molecule has 1 aliphatic heterocycles. The predicted octanol–water partition coefficient (Wildman–Crippen LogP) is 4.48. The standard InChI is InChI=1S/C14H18BrClFN/c15-6-5-11-2-1-7-18(9-11)10-12-8-13(16)3-4-14(12)17/h3-4,8,11H,1-2,5-7,9-10H2. The van der Waals surface area contributed by atoms with E-state index >= 15 is 0 Å². The number of alkyl halides is 1. The van der Waals surface area contributed by atoms with Crippen LogP contribution < -0.4 is 0 Å². The number of hydrogen-bond donors (Lipinski definition) is 0. The summed E-state index contributed by atoms with van der Waals surface area (Å²) in [4.78, 5) is 2.34. The van der Waals surface area contributed by atoms with E-state index in [4.69, 9.17) is 11.6 Å². The highest BCUT2D eigenvalue weighted by Crippen LogP contribution is 2.23. The molecule has 1 nitrogen and oxygen atoms in total. The zero-order valence-corrected chi connectivity index (χ0v) is 12.7. The summed E-state index contributed by atoms with van der Waals surface area (Å²) in [6, 6.07) is 4.80. The highest BCUT2D eigenvalue weighted by atomic mass is 79.9. The topological polar surface area (TPSA) is 3.24 Å². The van der Waals surface area contributed by atoms with Gasteiger partial charge in [0, 0.05) is 29.0 Å². The molecule has 0 spiro atoms. The summed E-state index contributed by atoms with van der Waals surface area (Å²) in [5, 5.41) is 1.66. The van der Waals surface area contributed by atoms with Crippen LogP contribution in [0.2, 0.25) is 5.02 Å². The average Bonchev–Trinajstić information content (AvgIpc) is 2.35. The second-order valence-electron chi connectivity index (χ2n) is 4.96. The largest absolute Gasteiger partial charge is 0.299 e. The van der Waals surface area contributed by atoms with Gasteiger partial charge in [0.2, 0.25) is 0 Å². The zero-order valence-electron chi connectivity index (χ0n) is 10.3. The molecule has 0 bridgehead atoms. The number of piperidine rings is 1. The van der Waals surface area contributed by atoms with Gasteiger partial charge in [-0.1, -0.05) is 27.5 Å². The Morgan fingerprint density at radius 2 is 2.28 bits per heavy atom. The van der Waals surface area contributed by atoms with Gasteiger partial charge in [-0.2, -0.15) is 0 Å². The molecule has 0 radical (unpaired) electrons. The summed E-state index contributed by atoms with van der Waals surface area (Å²) in [5.41, 5.74) is 0.710. The minimum absolute atomic E-state index is 0.151. The van der Waals surface area contributed by atoms with Crippen molar-refractivity contribution in [3.63, 3.8) is 0 Å². The van der Waals surface area contributed by atoms with Gasteiger partial charge in [-0.3, -0.25) is 4.90 Å². The van der Waals surface area contributed by atoms with E-state index in [0.717, 1.165) is 24.3 Å². The Morgan fingerprint density at radius 1 is 1.44 bits per heavy atom. The van der Waals surface area contributed by atoms with E-state index in [1.54, 1.807) is 12.1 Å². The molecule has 4 heteroatoms. The number of likely N-dealkylation sites (tertiary alicyclic amines) is 1. The fourth-order valence-corrected chi connectivity index (χ4v) is 3.43. The van der Waals surface area contributed by atoms with Crippen molar-refractivity contribution in [3.8, 4) is 0 Å². The Hall–Kier alpha value is -0.120. The minimum atomic E-state index is -0.151. The second-order valence-corrected chi connectivity index (χ2v) is 6.19. The van der Waals surface area contributed by atoms with Gasteiger partial charge in [0.05, 0.1) is 0 Å². The van der Waals surface area contributed by atoms with Gasteiger partial charge < -0.3 is 0 Å². The fourth-order valence-electron chi connectivity index (χ4n) is 2.59. The first-order chi connectivity index (χ1) is 8.69. The molecule has 0 amide bonds. The molecule has 1 fully saturated rings. The molecular formula is C14H18BrClFN. The first-order valence-electron chi connectivity index (χ1n) is 6.41. The lowest BCUT2D eigenvalue weighted by atomic mass is 9.95. The van der Waals surface area contributed by atoms with Crippen molar-refractivity contribution in [2.24, 2.45) is 5.92 Å². The van der Waals surface area contributed by atoms with Crippen LogP contribution in [0.25, 0.3) is 0 Å². The highest BCUT2D eigenvalue weighted by molar-refractivity contribution is 9.09. The van der Waals surface area contributed by atoms with Crippen LogP contribution in [0.4, 0.5) is 4.39 Å². The molecule has 0 N–H and O–H groups in total. The maximum absolute atomic E-state index is 13.7. The number of halogens is 3. The van der Waals surface area contributed by atoms with Gasteiger partial charge in [0.25, 0.3) is 0 Å². The average molecular weight is 335 g/mol. The number of hydrogen-bond acceptors (Lipinski definition) is 1. The molecule has 1 unspecified atom stereocenters. The summed E-state index contributed by atoms with van der Waals surface area (Å²) < 4.78 is 13.7. The summed E-state index contributed by atoms with van der Waals surface area (Å²) in [6.45, 7) is 2.80. The van der Waals surface area contributed by atoms with E-state index in [2.05, 4.69) is 20.8 Å². The van der Waals surface area contributed by atoms with Crippen molar-refractivity contribution >= 4 is 27.5 Å². The smallest absolute Gasteiger partial charge is 0.127 e. The minimum Gasteiger partial charge on any atom is -0.299 e. The number of benzene rings is 1. The van der Waals surface area contributed by atoms with Crippen LogP contribution in [-0.2, 0) is 6.54 Å². The van der Waals surface area contributed by atoms with Crippen molar-refractivity contribution < 1.29 is 4.39 Å². The van der Waals surface area contributed by atoms with E-state index in [1.807, 2.05) is 0 Å². The highest BCUT2D eigenvalue weighted by Gasteiger charge is 2.20. The Bertz CT molecular complexity index is 397. The van der Waals surface area contributed by atoms with Crippen LogP contribution in [0.5, 0.6) is 0 Å². The molecule has 1 heterocycles. The molecule has 2 rings (SSSR count). The first kappa shape index (κ1) is 14.3. The van der Waals surface area contributed by atoms with Gasteiger partial charge in [0.1, 0.15) is 5.82 Å². The van der Waals surface area contributed by atoms with Gasteiger partial charge in [-0.25, -0.2) is 4.39 Å². The van der Waals surface area contributed by atoms with E-state index < -0.39 is 0 Å². The summed E-state index contributed by atoms with van der Waals surface area (Å²) >= 11 is 9.42. The molecular weight excluding hydrogens is 317 g/mol. The third kappa shape index (κ3) is 3.94. The van der Waals surface area contributed by atoms with E-state index in [9.17, 15) is 4.39 Å². The lowest BCUT2D eigenvalue weighted by Gasteiger charge is -2.32. The molecule has 100 valence electrons. The molecule has 1 aliphatic rings. The summed E-state index contributed by atoms with van der Waals surface area (Å²) in [6.07, 6.45) is 3.70. The normalized spacial score (nSPS) is 21.2. The first-order valence-corrected chi connectivity index (χ1v) is 7.91. The Morgan fingerprint density at radius 3 is 3.06 bits per heavy atom. The van der Waals surface area contributed by atoms with Crippen molar-refractivity contribution in [1.82, 2.24) is 4.90 Å². The molecule has 1 aromatic rings. The fraction of sp³-hybridized carbons (Fsp3) is 0.571. The van der Waals surface area contributed by atoms with Crippen LogP contribution >= 0.6 is 27.5 Å². The molecule has 0 aromatic heterocycles. The lowest BCUT2D eigenvalue weighted by molar-refractivity contribution is 0.164. The van der Waals surface area contributed by atoms with Crippen LogP contribution in [0.1, 0.15) is 24.8 Å². The Kier molecular flexibility index (Phi) is 5.46. The number of nitrogens with zero attached hydrogens (tertiary/aromatic N) is 1. The predicted molar refractivity (Wildman–Crippen MR) is 77.8 cm³/mol. The maximum Gasteiger partial charge on any atom is 0.127 e. The Balaban J connectivity index is 1.98. The quantitative estimate of drug-likeness (QED) is 0.734. The molecule has 1 saturated heterocycles. The van der Waals surface area contributed by atoms with Crippen molar-refractivity contribution in [1.29, 1.82) is 0 Å². The van der Waals surface area contributed by atoms with Crippen LogP contribution in [0.3, 0.4) is 0 Å². The Labute approximate surface area is 121 Å². The van der Waals surface area contributed by atoms with Crippen LogP contribution in [0.15, 0.2) is 18.2 Å². The zero-order chi connectivity index (χ0) is 13.0. The van der Waals surface area contributed by atoms with Gasteiger partial charge in [0.15, 0.2) is 0 Å². The van der Waals surface area contributed by atoms with E-state index in [0.29, 0.717) is 17.1 Å².